The Morgan fingerprint density at radius 3 is 2.74 bits per heavy atom. The van der Waals surface area contributed by atoms with Crippen LogP contribution in [0.3, 0.4) is 0 Å². The van der Waals surface area contributed by atoms with Crippen LogP contribution in [0.15, 0.2) is 22.7 Å². The van der Waals surface area contributed by atoms with Gasteiger partial charge in [-0.05, 0) is 60.2 Å². The first kappa shape index (κ1) is 14.7. The molecule has 2 rings (SSSR count). The first-order valence-electron chi connectivity index (χ1n) is 6.69. The third kappa shape index (κ3) is 3.06. The Bertz CT molecular complexity index is 467. The van der Waals surface area contributed by atoms with E-state index in [0.717, 1.165) is 25.7 Å². The van der Waals surface area contributed by atoms with Crippen LogP contribution in [-0.2, 0) is 16.0 Å². The maximum atomic E-state index is 13.5. The Kier molecular flexibility index (Phi) is 4.74. The molecule has 0 aliphatic heterocycles. The van der Waals surface area contributed by atoms with Gasteiger partial charge in [-0.2, -0.15) is 0 Å². The summed E-state index contributed by atoms with van der Waals surface area (Å²) in [5, 5.41) is 0. The second-order valence-corrected chi connectivity index (χ2v) is 5.74. The SMILES string of the molecule is CCOC1(C(=O)Cc2cccc(F)c2Br)CCCC1. The second-order valence-electron chi connectivity index (χ2n) is 4.95. The Hall–Kier alpha value is -0.740. The molecule has 0 bridgehead atoms. The standard InChI is InChI=1S/C15H18BrFO2/c1-2-19-15(8-3-4-9-15)13(18)10-11-6-5-7-12(17)14(11)16/h5-7H,2-4,8-10H2,1H3. The van der Waals surface area contributed by atoms with Gasteiger partial charge in [0, 0.05) is 13.0 Å². The Morgan fingerprint density at radius 2 is 2.11 bits per heavy atom. The quantitative estimate of drug-likeness (QED) is 0.815. The molecule has 0 atom stereocenters. The molecule has 104 valence electrons. The predicted octanol–water partition coefficient (Wildman–Crippen LogP) is 4.05. The summed E-state index contributed by atoms with van der Waals surface area (Å²) < 4.78 is 19.6. The summed E-state index contributed by atoms with van der Waals surface area (Å²) >= 11 is 3.21. The number of halogens is 2. The van der Waals surface area contributed by atoms with Gasteiger partial charge in [0.15, 0.2) is 5.78 Å². The molecule has 2 nitrogen and oxygen atoms in total. The van der Waals surface area contributed by atoms with E-state index < -0.39 is 5.60 Å². The zero-order valence-electron chi connectivity index (χ0n) is 11.0. The molecule has 4 heteroatoms. The first-order valence-corrected chi connectivity index (χ1v) is 7.48. The largest absolute Gasteiger partial charge is 0.367 e. The summed E-state index contributed by atoms with van der Waals surface area (Å²) in [6, 6.07) is 4.79. The summed E-state index contributed by atoms with van der Waals surface area (Å²) in [6.07, 6.45) is 3.84. The highest BCUT2D eigenvalue weighted by Gasteiger charge is 2.41. The number of carbonyl (C=O) groups excluding carboxylic acids is 1. The smallest absolute Gasteiger partial charge is 0.169 e. The van der Waals surface area contributed by atoms with Crippen LogP contribution in [0.2, 0.25) is 0 Å². The number of carbonyl (C=O) groups is 1. The Morgan fingerprint density at radius 1 is 1.42 bits per heavy atom. The Labute approximate surface area is 121 Å². The van der Waals surface area contributed by atoms with Crippen molar-refractivity contribution in [1.82, 2.24) is 0 Å². The number of hydrogen-bond acceptors (Lipinski definition) is 2. The van der Waals surface area contributed by atoms with Gasteiger partial charge < -0.3 is 4.74 Å². The van der Waals surface area contributed by atoms with Gasteiger partial charge in [-0.15, -0.1) is 0 Å². The van der Waals surface area contributed by atoms with Crippen LogP contribution in [-0.4, -0.2) is 18.0 Å². The van der Waals surface area contributed by atoms with E-state index in [4.69, 9.17) is 4.74 Å². The van der Waals surface area contributed by atoms with E-state index >= 15 is 0 Å². The van der Waals surface area contributed by atoms with Crippen LogP contribution in [0.1, 0.15) is 38.2 Å². The van der Waals surface area contributed by atoms with E-state index in [-0.39, 0.29) is 18.0 Å². The predicted molar refractivity (Wildman–Crippen MR) is 75.6 cm³/mol. The highest BCUT2D eigenvalue weighted by Crippen LogP contribution is 2.35. The lowest BCUT2D eigenvalue weighted by molar-refractivity contribution is -0.142. The summed E-state index contributed by atoms with van der Waals surface area (Å²) in [5.74, 6) is -0.264. The number of ether oxygens (including phenoxy) is 1. The third-order valence-electron chi connectivity index (χ3n) is 3.72. The van der Waals surface area contributed by atoms with Gasteiger partial charge in [0.05, 0.1) is 4.47 Å². The highest BCUT2D eigenvalue weighted by molar-refractivity contribution is 9.10. The number of benzene rings is 1. The maximum absolute atomic E-state index is 13.5. The molecule has 0 unspecified atom stereocenters. The number of hydrogen-bond donors (Lipinski definition) is 0. The van der Waals surface area contributed by atoms with Crippen LogP contribution in [0.5, 0.6) is 0 Å². The molecule has 0 amide bonds. The molecule has 0 saturated heterocycles. The molecule has 19 heavy (non-hydrogen) atoms. The van der Waals surface area contributed by atoms with Crippen molar-refractivity contribution in [3.05, 3.63) is 34.1 Å². The lowest BCUT2D eigenvalue weighted by atomic mass is 9.91. The van der Waals surface area contributed by atoms with Crippen molar-refractivity contribution in [2.24, 2.45) is 0 Å². The van der Waals surface area contributed by atoms with Crippen LogP contribution < -0.4 is 0 Å². The molecule has 0 radical (unpaired) electrons. The van der Waals surface area contributed by atoms with Gasteiger partial charge in [0.1, 0.15) is 11.4 Å². The van der Waals surface area contributed by atoms with E-state index in [1.54, 1.807) is 12.1 Å². The summed E-state index contributed by atoms with van der Waals surface area (Å²) in [4.78, 5) is 12.5. The minimum absolute atomic E-state index is 0.0677. The number of ketones is 1. The topological polar surface area (TPSA) is 26.3 Å². The van der Waals surface area contributed by atoms with Crippen molar-refractivity contribution >= 4 is 21.7 Å². The molecule has 1 aliphatic rings. The minimum Gasteiger partial charge on any atom is -0.367 e. The third-order valence-corrected chi connectivity index (χ3v) is 4.61. The van der Waals surface area contributed by atoms with E-state index in [1.807, 2.05) is 6.92 Å². The summed E-state index contributed by atoms with van der Waals surface area (Å²) in [5.41, 5.74) is 0.0523. The van der Waals surface area contributed by atoms with E-state index in [2.05, 4.69) is 15.9 Å². The van der Waals surface area contributed by atoms with Crippen molar-refractivity contribution in [1.29, 1.82) is 0 Å². The lowest BCUT2D eigenvalue weighted by Gasteiger charge is -2.27. The fourth-order valence-corrected chi connectivity index (χ4v) is 3.15. The molecule has 1 aromatic carbocycles. The van der Waals surface area contributed by atoms with E-state index in [0.29, 0.717) is 16.6 Å². The molecule has 1 aromatic rings. The average molecular weight is 329 g/mol. The molecule has 0 aromatic heterocycles. The van der Waals surface area contributed by atoms with Gasteiger partial charge >= 0.3 is 0 Å². The highest BCUT2D eigenvalue weighted by atomic mass is 79.9. The summed E-state index contributed by atoms with van der Waals surface area (Å²) in [7, 11) is 0. The maximum Gasteiger partial charge on any atom is 0.169 e. The number of Topliss-reactive ketones (excluding diaryl/α,β-unsaturated/α-hetero) is 1. The second kappa shape index (κ2) is 6.14. The van der Waals surface area contributed by atoms with Crippen LogP contribution >= 0.6 is 15.9 Å². The fourth-order valence-electron chi connectivity index (χ4n) is 2.75. The molecule has 0 spiro atoms. The van der Waals surface area contributed by atoms with Crippen LogP contribution in [0.4, 0.5) is 4.39 Å². The normalized spacial score (nSPS) is 17.6. The molecule has 1 aliphatic carbocycles. The molecule has 1 saturated carbocycles. The van der Waals surface area contributed by atoms with Crippen molar-refractivity contribution in [3.63, 3.8) is 0 Å². The molecular weight excluding hydrogens is 311 g/mol. The first-order chi connectivity index (χ1) is 9.09. The Balaban J connectivity index is 2.17. The molecule has 0 heterocycles. The van der Waals surface area contributed by atoms with Crippen molar-refractivity contribution in [2.45, 2.75) is 44.6 Å². The number of rotatable bonds is 5. The molecular formula is C15H18BrFO2. The lowest BCUT2D eigenvalue weighted by Crippen LogP contribution is -2.40. The average Bonchev–Trinajstić information content (AvgIpc) is 2.85. The molecule has 0 N–H and O–H groups in total. The van der Waals surface area contributed by atoms with E-state index in [9.17, 15) is 9.18 Å². The van der Waals surface area contributed by atoms with E-state index in [1.165, 1.54) is 6.07 Å². The van der Waals surface area contributed by atoms with Gasteiger partial charge in [-0.3, -0.25) is 4.79 Å². The molecule has 1 fully saturated rings. The van der Waals surface area contributed by atoms with Crippen LogP contribution in [0.25, 0.3) is 0 Å². The minimum atomic E-state index is -0.638. The van der Waals surface area contributed by atoms with Gasteiger partial charge in [-0.25, -0.2) is 4.39 Å². The fraction of sp³-hybridized carbons (Fsp3) is 0.533. The van der Waals surface area contributed by atoms with Crippen molar-refractivity contribution < 1.29 is 13.9 Å². The zero-order valence-corrected chi connectivity index (χ0v) is 12.6. The monoisotopic (exact) mass is 328 g/mol. The van der Waals surface area contributed by atoms with Gasteiger partial charge in [0.25, 0.3) is 0 Å². The zero-order chi connectivity index (χ0) is 13.9. The van der Waals surface area contributed by atoms with Gasteiger partial charge in [0.2, 0.25) is 0 Å². The summed E-state index contributed by atoms with van der Waals surface area (Å²) in [6.45, 7) is 2.45. The van der Waals surface area contributed by atoms with Crippen molar-refractivity contribution in [3.8, 4) is 0 Å². The van der Waals surface area contributed by atoms with Gasteiger partial charge in [-0.1, -0.05) is 12.1 Å². The van der Waals surface area contributed by atoms with Crippen LogP contribution in [0, 0.1) is 5.82 Å². The van der Waals surface area contributed by atoms with Crippen molar-refractivity contribution in [2.75, 3.05) is 6.61 Å².